The molecule has 1 aliphatic rings. The highest BCUT2D eigenvalue weighted by Crippen LogP contribution is 2.28. The number of aromatic nitrogens is 2. The molecule has 1 heterocycles. The van der Waals surface area contributed by atoms with Crippen molar-refractivity contribution in [3.63, 3.8) is 0 Å². The zero-order valence-corrected chi connectivity index (χ0v) is 17.8. The minimum Gasteiger partial charge on any atom is -0.310 e. The van der Waals surface area contributed by atoms with Gasteiger partial charge in [0.1, 0.15) is 11.6 Å². The van der Waals surface area contributed by atoms with E-state index >= 15 is 0 Å². The molecule has 1 aliphatic carbocycles. The van der Waals surface area contributed by atoms with Gasteiger partial charge >= 0.3 is 0 Å². The summed E-state index contributed by atoms with van der Waals surface area (Å²) in [7, 11) is -3.43. The van der Waals surface area contributed by atoms with Crippen LogP contribution in [0.1, 0.15) is 57.7 Å². The molecule has 1 aromatic carbocycles. The first-order valence-corrected chi connectivity index (χ1v) is 11.5. The summed E-state index contributed by atoms with van der Waals surface area (Å²) in [6.45, 7) is 8.12. The van der Waals surface area contributed by atoms with Crippen molar-refractivity contribution in [1.82, 2.24) is 9.78 Å². The van der Waals surface area contributed by atoms with Gasteiger partial charge < -0.3 is 5.32 Å². The number of carbonyl (C=O) groups excluding carboxylic acids is 1. The van der Waals surface area contributed by atoms with Gasteiger partial charge in [0.25, 0.3) is 0 Å². The molecule has 3 rings (SSSR count). The maximum atomic E-state index is 12.6. The van der Waals surface area contributed by atoms with E-state index in [1.165, 1.54) is 0 Å². The van der Waals surface area contributed by atoms with Crippen LogP contribution in [0.2, 0.25) is 0 Å². The molecule has 28 heavy (non-hydrogen) atoms. The molecule has 0 radical (unpaired) electrons. The van der Waals surface area contributed by atoms with Gasteiger partial charge in [-0.05, 0) is 31.4 Å². The molecule has 1 amide bonds. The number of hydrogen-bond acceptors (Lipinski definition) is 4. The first kappa shape index (κ1) is 20.6. The molecule has 1 fully saturated rings. The van der Waals surface area contributed by atoms with E-state index in [1.807, 2.05) is 58.0 Å². The van der Waals surface area contributed by atoms with Crippen molar-refractivity contribution in [1.29, 1.82) is 0 Å². The van der Waals surface area contributed by atoms with Gasteiger partial charge in [-0.15, -0.1) is 0 Å². The summed E-state index contributed by atoms with van der Waals surface area (Å²) in [5.41, 5.74) is 2.49. The van der Waals surface area contributed by atoms with E-state index in [4.69, 9.17) is 5.10 Å². The molecule has 1 N–H and O–H groups in total. The molecule has 1 aromatic heterocycles. The molecular formula is C21H29N3O3S. The Morgan fingerprint density at radius 3 is 2.46 bits per heavy atom. The fraction of sp³-hybridized carbons (Fsp3) is 0.524. The summed E-state index contributed by atoms with van der Waals surface area (Å²) in [6, 6.07) is 9.59. The second-order valence-corrected chi connectivity index (χ2v) is 10.9. The van der Waals surface area contributed by atoms with Crippen molar-refractivity contribution in [3.05, 3.63) is 41.6 Å². The highest BCUT2D eigenvalue weighted by molar-refractivity contribution is 7.92. The lowest BCUT2D eigenvalue weighted by Crippen LogP contribution is -2.30. The molecule has 0 spiro atoms. The van der Waals surface area contributed by atoms with Crippen LogP contribution in [-0.2, 0) is 20.0 Å². The Morgan fingerprint density at radius 1 is 1.21 bits per heavy atom. The first-order valence-electron chi connectivity index (χ1n) is 9.76. The second-order valence-electron chi connectivity index (χ2n) is 8.62. The van der Waals surface area contributed by atoms with Gasteiger partial charge in [-0.25, -0.2) is 13.1 Å². The largest absolute Gasteiger partial charge is 0.310 e. The molecule has 1 saturated carbocycles. The van der Waals surface area contributed by atoms with Crippen LogP contribution < -0.4 is 5.32 Å². The van der Waals surface area contributed by atoms with Gasteiger partial charge in [-0.2, -0.15) is 5.10 Å². The van der Waals surface area contributed by atoms with Gasteiger partial charge in [0.05, 0.1) is 16.6 Å². The maximum absolute atomic E-state index is 12.6. The summed E-state index contributed by atoms with van der Waals surface area (Å²) in [5, 5.41) is 7.10. The quantitative estimate of drug-likeness (QED) is 0.824. The van der Waals surface area contributed by atoms with E-state index < -0.39 is 21.5 Å². The van der Waals surface area contributed by atoms with Crippen LogP contribution in [0.4, 0.5) is 5.82 Å². The van der Waals surface area contributed by atoms with Crippen LogP contribution in [0.15, 0.2) is 30.3 Å². The number of hydrogen-bond donors (Lipinski definition) is 1. The number of para-hydroxylation sites is 1. The number of benzene rings is 1. The van der Waals surface area contributed by atoms with E-state index in [1.54, 1.807) is 4.68 Å². The monoisotopic (exact) mass is 403 g/mol. The van der Waals surface area contributed by atoms with Crippen molar-refractivity contribution >= 4 is 21.6 Å². The molecule has 7 heteroatoms. The fourth-order valence-corrected chi connectivity index (χ4v) is 5.27. The topological polar surface area (TPSA) is 81.1 Å². The number of amides is 1. The van der Waals surface area contributed by atoms with E-state index in [-0.39, 0.29) is 10.7 Å². The lowest BCUT2D eigenvalue weighted by molar-refractivity contribution is -0.113. The lowest BCUT2D eigenvalue weighted by atomic mass is 9.92. The van der Waals surface area contributed by atoms with Crippen molar-refractivity contribution in [3.8, 4) is 5.69 Å². The molecule has 0 atom stereocenters. The Labute approximate surface area is 167 Å². The van der Waals surface area contributed by atoms with Gasteiger partial charge in [-0.1, -0.05) is 51.8 Å². The van der Waals surface area contributed by atoms with Gasteiger partial charge in [-0.3, -0.25) is 4.79 Å². The summed E-state index contributed by atoms with van der Waals surface area (Å²) in [6.07, 6.45) is 3.15. The smallest absolute Gasteiger partial charge is 0.240 e. The van der Waals surface area contributed by atoms with E-state index in [0.717, 1.165) is 29.8 Å². The molecule has 2 aromatic rings. The fourth-order valence-electron chi connectivity index (χ4n) is 3.55. The molecule has 0 unspecified atom stereocenters. The highest BCUT2D eigenvalue weighted by Gasteiger charge is 2.31. The Morgan fingerprint density at radius 2 is 1.86 bits per heavy atom. The summed E-state index contributed by atoms with van der Waals surface area (Å²) >= 11 is 0. The van der Waals surface area contributed by atoms with Gasteiger partial charge in [0, 0.05) is 11.5 Å². The standard InChI is InChI=1S/C21H29N3O3S/c1-15-9-5-8-12-17(15)24-19(13-18(23-24)21(2,3)4)22-20(25)14-28(26,27)16-10-6-7-11-16/h5,8-9,12-13,16H,6-7,10-11,14H2,1-4H3,(H,22,25). The third-order valence-corrected chi connectivity index (χ3v) is 7.38. The molecule has 152 valence electrons. The lowest BCUT2D eigenvalue weighted by Gasteiger charge is -2.14. The summed E-state index contributed by atoms with van der Waals surface area (Å²) in [5.74, 6) is -0.505. The molecule has 0 aliphatic heterocycles. The zero-order valence-electron chi connectivity index (χ0n) is 17.0. The van der Waals surface area contributed by atoms with Crippen molar-refractivity contribution in [2.24, 2.45) is 0 Å². The summed E-state index contributed by atoms with van der Waals surface area (Å²) < 4.78 is 26.7. The van der Waals surface area contributed by atoms with Crippen LogP contribution in [0.25, 0.3) is 5.69 Å². The third kappa shape index (κ3) is 4.46. The van der Waals surface area contributed by atoms with Crippen molar-refractivity contribution in [2.75, 3.05) is 11.1 Å². The van der Waals surface area contributed by atoms with Crippen LogP contribution in [0.5, 0.6) is 0 Å². The van der Waals surface area contributed by atoms with Gasteiger partial charge in [0.15, 0.2) is 9.84 Å². The van der Waals surface area contributed by atoms with E-state index in [2.05, 4.69) is 5.32 Å². The van der Waals surface area contributed by atoms with Crippen LogP contribution >= 0.6 is 0 Å². The third-order valence-electron chi connectivity index (χ3n) is 5.23. The minimum atomic E-state index is -3.43. The summed E-state index contributed by atoms with van der Waals surface area (Å²) in [4.78, 5) is 12.6. The number of anilines is 1. The van der Waals surface area contributed by atoms with Crippen LogP contribution in [0, 0.1) is 6.92 Å². The second kappa shape index (κ2) is 7.70. The molecule has 6 nitrogen and oxygen atoms in total. The van der Waals surface area contributed by atoms with Gasteiger partial charge in [0.2, 0.25) is 5.91 Å². The number of aryl methyl sites for hydroxylation is 1. The van der Waals surface area contributed by atoms with Crippen LogP contribution in [0.3, 0.4) is 0 Å². The maximum Gasteiger partial charge on any atom is 0.240 e. The average Bonchev–Trinajstić information content (AvgIpc) is 3.24. The minimum absolute atomic E-state index is 0.205. The number of sulfone groups is 1. The number of rotatable bonds is 5. The van der Waals surface area contributed by atoms with Crippen LogP contribution in [-0.4, -0.2) is 35.1 Å². The molecular weight excluding hydrogens is 374 g/mol. The van der Waals surface area contributed by atoms with E-state index in [9.17, 15) is 13.2 Å². The Kier molecular flexibility index (Phi) is 5.66. The van der Waals surface area contributed by atoms with Crippen molar-refractivity contribution < 1.29 is 13.2 Å². The first-order chi connectivity index (χ1) is 13.1. The SMILES string of the molecule is Cc1ccccc1-n1nc(C(C)(C)C)cc1NC(=O)CS(=O)(=O)C1CCCC1. The Balaban J connectivity index is 1.89. The van der Waals surface area contributed by atoms with Crippen molar-refractivity contribution in [2.45, 2.75) is 64.0 Å². The Hall–Kier alpha value is -2.15. The Bertz CT molecular complexity index is 965. The number of nitrogens with zero attached hydrogens (tertiary/aromatic N) is 2. The normalized spacial score (nSPS) is 15.7. The highest BCUT2D eigenvalue weighted by atomic mass is 32.2. The zero-order chi connectivity index (χ0) is 20.5. The average molecular weight is 404 g/mol. The molecule has 0 saturated heterocycles. The number of nitrogens with one attached hydrogen (secondary N) is 1. The predicted octanol–water partition coefficient (Wildman–Crippen LogP) is 3.77. The predicted molar refractivity (Wildman–Crippen MR) is 112 cm³/mol. The molecule has 0 bridgehead atoms. The number of carbonyl (C=O) groups is 1. The van der Waals surface area contributed by atoms with E-state index in [0.29, 0.717) is 18.7 Å².